The van der Waals surface area contributed by atoms with Gasteiger partial charge in [-0.25, -0.2) is 9.97 Å². The van der Waals surface area contributed by atoms with E-state index in [9.17, 15) is 5.26 Å². The Morgan fingerprint density at radius 3 is 2.35 bits per heavy atom. The Labute approximate surface area is 132 Å². The fourth-order valence-corrected chi connectivity index (χ4v) is 2.83. The van der Waals surface area contributed by atoms with Gasteiger partial charge in [0.15, 0.2) is 5.65 Å². The van der Waals surface area contributed by atoms with Gasteiger partial charge < -0.3 is 5.73 Å². The van der Waals surface area contributed by atoms with Crippen molar-refractivity contribution in [2.24, 2.45) is 0 Å². The number of nitrogens with two attached hydrogens (primary N) is 1. The predicted molar refractivity (Wildman–Crippen MR) is 90.2 cm³/mol. The molecule has 5 nitrogen and oxygen atoms in total. The third kappa shape index (κ3) is 1.86. The smallest absolute Gasteiger partial charge is 0.167 e. The van der Waals surface area contributed by atoms with Crippen LogP contribution >= 0.6 is 0 Å². The number of benzene rings is 2. The lowest BCUT2D eigenvalue weighted by atomic mass is 10.2. The first-order valence-corrected chi connectivity index (χ1v) is 7.23. The molecule has 4 rings (SSSR count). The number of para-hydroxylation sites is 3. The van der Waals surface area contributed by atoms with Crippen LogP contribution in [0.25, 0.3) is 27.9 Å². The summed E-state index contributed by atoms with van der Waals surface area (Å²) in [4.78, 5) is 9.29. The summed E-state index contributed by atoms with van der Waals surface area (Å²) in [6.07, 6.45) is 0. The molecule has 0 fully saturated rings. The van der Waals surface area contributed by atoms with Crippen LogP contribution in [0.15, 0.2) is 48.5 Å². The highest BCUT2D eigenvalue weighted by Gasteiger charge is 2.20. The molecule has 2 N–H and O–H groups in total. The van der Waals surface area contributed by atoms with E-state index in [1.54, 1.807) is 0 Å². The highest BCUT2D eigenvalue weighted by atomic mass is 15.1. The van der Waals surface area contributed by atoms with E-state index in [1.165, 1.54) is 0 Å². The van der Waals surface area contributed by atoms with Crippen molar-refractivity contribution in [3.05, 3.63) is 59.7 Å². The Balaban J connectivity index is 2.20. The molecule has 0 radical (unpaired) electrons. The lowest BCUT2D eigenvalue weighted by Gasteiger charge is -2.10. The number of fused-ring (bicyclic) bond motifs is 2. The maximum Gasteiger partial charge on any atom is 0.167 e. The van der Waals surface area contributed by atoms with Crippen molar-refractivity contribution in [1.29, 1.82) is 5.26 Å². The molecule has 0 bridgehead atoms. The number of aromatic nitrogens is 3. The van der Waals surface area contributed by atoms with E-state index in [0.717, 1.165) is 22.3 Å². The Kier molecular flexibility index (Phi) is 2.78. The first kappa shape index (κ1) is 13.3. The fourth-order valence-electron chi connectivity index (χ4n) is 2.83. The molecule has 0 saturated heterocycles. The number of nitriles is 1. The topological polar surface area (TPSA) is 80.5 Å². The molecule has 0 atom stereocenters. The summed E-state index contributed by atoms with van der Waals surface area (Å²) in [5.74, 6) is 0.368. The summed E-state index contributed by atoms with van der Waals surface area (Å²) in [6, 6.07) is 17.6. The summed E-state index contributed by atoms with van der Waals surface area (Å²) in [5, 5.41) is 9.51. The zero-order valence-electron chi connectivity index (χ0n) is 12.5. The number of rotatable bonds is 1. The minimum absolute atomic E-state index is 0.363. The van der Waals surface area contributed by atoms with Gasteiger partial charge in [0.05, 0.1) is 16.7 Å². The quantitative estimate of drug-likeness (QED) is 0.584. The summed E-state index contributed by atoms with van der Waals surface area (Å²) in [7, 11) is 0. The van der Waals surface area contributed by atoms with Gasteiger partial charge in [-0.3, -0.25) is 4.57 Å². The lowest BCUT2D eigenvalue weighted by molar-refractivity contribution is 1.09. The lowest BCUT2D eigenvalue weighted by Crippen LogP contribution is -2.03. The second-order valence-electron chi connectivity index (χ2n) is 5.38. The third-order valence-electron chi connectivity index (χ3n) is 3.97. The molecule has 0 spiro atoms. The fraction of sp³-hybridized carbons (Fsp3) is 0.0556. The molecule has 4 aromatic rings. The highest BCUT2D eigenvalue weighted by molar-refractivity contribution is 5.93. The average molecular weight is 299 g/mol. The van der Waals surface area contributed by atoms with Crippen molar-refractivity contribution in [3.8, 4) is 11.8 Å². The Morgan fingerprint density at radius 1 is 1.00 bits per heavy atom. The normalized spacial score (nSPS) is 11.0. The van der Waals surface area contributed by atoms with Gasteiger partial charge in [-0.15, -0.1) is 0 Å². The van der Waals surface area contributed by atoms with Crippen LogP contribution in [-0.4, -0.2) is 14.5 Å². The van der Waals surface area contributed by atoms with Gasteiger partial charge in [-0.2, -0.15) is 5.26 Å². The number of aryl methyl sites for hydroxylation is 1. The summed E-state index contributed by atoms with van der Waals surface area (Å²) in [6.45, 7) is 2.00. The molecule has 0 amide bonds. The van der Waals surface area contributed by atoms with Gasteiger partial charge >= 0.3 is 0 Å². The maximum absolute atomic E-state index is 9.51. The van der Waals surface area contributed by atoms with Crippen molar-refractivity contribution in [2.45, 2.75) is 6.92 Å². The maximum atomic E-state index is 9.51. The number of hydrogen-bond donors (Lipinski definition) is 1. The van der Waals surface area contributed by atoms with Gasteiger partial charge in [-0.05, 0) is 30.7 Å². The van der Waals surface area contributed by atoms with Crippen LogP contribution in [0.5, 0.6) is 0 Å². The van der Waals surface area contributed by atoms with Gasteiger partial charge in [0.25, 0.3) is 0 Å². The molecule has 2 heterocycles. The van der Waals surface area contributed by atoms with E-state index in [1.807, 2.05) is 60.0 Å². The minimum Gasteiger partial charge on any atom is -0.384 e. The van der Waals surface area contributed by atoms with Crippen molar-refractivity contribution < 1.29 is 0 Å². The monoisotopic (exact) mass is 299 g/mol. The Morgan fingerprint density at radius 2 is 1.65 bits per heavy atom. The minimum atomic E-state index is 0.363. The van der Waals surface area contributed by atoms with Crippen molar-refractivity contribution in [1.82, 2.24) is 14.5 Å². The summed E-state index contributed by atoms with van der Waals surface area (Å²) < 4.78 is 1.81. The number of anilines is 1. The molecule has 5 heteroatoms. The Bertz CT molecular complexity index is 1100. The SMILES string of the molecule is Cc1ccccc1-n1c(N)c(C#N)c2nc3ccccc3nc21. The van der Waals surface area contributed by atoms with E-state index < -0.39 is 0 Å². The second-order valence-corrected chi connectivity index (χ2v) is 5.38. The highest BCUT2D eigenvalue weighted by Crippen LogP contribution is 2.31. The van der Waals surface area contributed by atoms with Crippen LogP contribution in [0.3, 0.4) is 0 Å². The van der Waals surface area contributed by atoms with E-state index >= 15 is 0 Å². The number of nitrogens with zero attached hydrogens (tertiary/aromatic N) is 4. The molecule has 0 aliphatic heterocycles. The van der Waals surface area contributed by atoms with Crippen LogP contribution in [0.1, 0.15) is 11.1 Å². The average Bonchev–Trinajstić information content (AvgIpc) is 2.84. The summed E-state index contributed by atoms with van der Waals surface area (Å²) in [5.41, 5.74) is 11.2. The molecule has 110 valence electrons. The molecule has 0 aliphatic rings. The van der Waals surface area contributed by atoms with Crippen LogP contribution in [0.4, 0.5) is 5.82 Å². The van der Waals surface area contributed by atoms with Gasteiger partial charge in [0, 0.05) is 0 Å². The molecule has 23 heavy (non-hydrogen) atoms. The molecule has 0 aliphatic carbocycles. The van der Waals surface area contributed by atoms with Gasteiger partial charge in [-0.1, -0.05) is 30.3 Å². The van der Waals surface area contributed by atoms with Crippen LogP contribution < -0.4 is 5.73 Å². The van der Waals surface area contributed by atoms with Crippen LogP contribution in [-0.2, 0) is 0 Å². The van der Waals surface area contributed by atoms with Crippen LogP contribution in [0.2, 0.25) is 0 Å². The largest absolute Gasteiger partial charge is 0.384 e. The molecular formula is C18H13N5. The van der Waals surface area contributed by atoms with Crippen LogP contribution in [0, 0.1) is 18.3 Å². The van der Waals surface area contributed by atoms with Crippen molar-refractivity contribution in [2.75, 3.05) is 5.73 Å². The Hall–Kier alpha value is -3.39. The van der Waals surface area contributed by atoms with E-state index in [4.69, 9.17) is 10.7 Å². The second kappa shape index (κ2) is 4.82. The molecule has 0 saturated carbocycles. The molecular weight excluding hydrogens is 286 g/mol. The zero-order chi connectivity index (χ0) is 16.0. The molecule has 0 unspecified atom stereocenters. The zero-order valence-corrected chi connectivity index (χ0v) is 12.5. The van der Waals surface area contributed by atoms with E-state index in [2.05, 4.69) is 11.1 Å². The first-order chi connectivity index (χ1) is 11.2. The number of nitrogen functional groups attached to an aromatic ring is 1. The first-order valence-electron chi connectivity index (χ1n) is 7.23. The van der Waals surface area contributed by atoms with E-state index in [0.29, 0.717) is 22.5 Å². The summed E-state index contributed by atoms with van der Waals surface area (Å²) >= 11 is 0. The predicted octanol–water partition coefficient (Wildman–Crippen LogP) is 3.34. The van der Waals surface area contributed by atoms with E-state index in [-0.39, 0.29) is 0 Å². The van der Waals surface area contributed by atoms with Crippen molar-refractivity contribution >= 4 is 28.0 Å². The van der Waals surface area contributed by atoms with Crippen molar-refractivity contribution in [3.63, 3.8) is 0 Å². The molecule has 2 aromatic carbocycles. The third-order valence-corrected chi connectivity index (χ3v) is 3.97. The standard InChI is InChI=1S/C18H13N5/c1-11-6-2-5-9-15(11)23-17(20)12(10-19)16-18(23)22-14-8-4-3-7-13(14)21-16/h2-9H,20H2,1H3. The molecule has 2 aromatic heterocycles. The number of hydrogen-bond acceptors (Lipinski definition) is 4. The van der Waals surface area contributed by atoms with Gasteiger partial charge in [0.1, 0.15) is 23.0 Å². The van der Waals surface area contributed by atoms with Gasteiger partial charge in [0.2, 0.25) is 0 Å².